The minimum Gasteiger partial charge on any atom is -0.279 e. The molecule has 26 heavy (non-hydrogen) atoms. The van der Waals surface area contributed by atoms with E-state index in [1.807, 2.05) is 24.4 Å². The molecule has 4 aromatic rings. The number of nitrogens with one attached hydrogen (secondary N) is 1. The van der Waals surface area contributed by atoms with Gasteiger partial charge in [-0.3, -0.25) is 4.72 Å². The number of benzene rings is 1. The first-order chi connectivity index (χ1) is 12.5. The van der Waals surface area contributed by atoms with Gasteiger partial charge in [0.25, 0.3) is 10.0 Å². The van der Waals surface area contributed by atoms with Crippen LogP contribution in [0.5, 0.6) is 0 Å². The molecule has 0 aliphatic rings. The lowest BCUT2D eigenvalue weighted by atomic mass is 10.3. The Labute approximate surface area is 158 Å². The van der Waals surface area contributed by atoms with Gasteiger partial charge in [0, 0.05) is 17.8 Å². The Bertz CT molecular complexity index is 1140. The number of aromatic nitrogens is 3. The second-order valence-electron chi connectivity index (χ2n) is 5.48. The smallest absolute Gasteiger partial charge is 0.271 e. The summed E-state index contributed by atoms with van der Waals surface area (Å²) < 4.78 is 30.0. The molecule has 4 rings (SSSR count). The van der Waals surface area contributed by atoms with Crippen LogP contribution in [-0.4, -0.2) is 23.2 Å². The average Bonchev–Trinajstić information content (AvgIpc) is 3.36. The Kier molecular flexibility index (Phi) is 4.35. The summed E-state index contributed by atoms with van der Waals surface area (Å²) in [6, 6.07) is 12.3. The van der Waals surface area contributed by atoms with Crippen molar-refractivity contribution in [3.05, 3.63) is 65.2 Å². The molecule has 1 N–H and O–H groups in total. The van der Waals surface area contributed by atoms with Crippen LogP contribution in [-0.2, 0) is 10.0 Å². The lowest BCUT2D eigenvalue weighted by molar-refractivity contribution is 0.603. The topological polar surface area (TPSA) is 76.9 Å². The molecule has 0 spiro atoms. The van der Waals surface area contributed by atoms with E-state index in [0.717, 1.165) is 21.3 Å². The van der Waals surface area contributed by atoms with Crippen molar-refractivity contribution >= 4 is 38.4 Å². The summed E-state index contributed by atoms with van der Waals surface area (Å²) in [6.07, 6.45) is 3.47. The molecule has 0 aliphatic heterocycles. The second-order valence-corrected chi connectivity index (χ2v) is 9.53. The van der Waals surface area contributed by atoms with Crippen LogP contribution in [0.2, 0.25) is 0 Å². The van der Waals surface area contributed by atoms with Crippen molar-refractivity contribution < 1.29 is 8.42 Å². The molecule has 3 aromatic heterocycles. The van der Waals surface area contributed by atoms with Crippen LogP contribution in [0.3, 0.4) is 0 Å². The van der Waals surface area contributed by atoms with E-state index in [-0.39, 0.29) is 4.21 Å². The van der Waals surface area contributed by atoms with E-state index in [0.29, 0.717) is 5.69 Å². The van der Waals surface area contributed by atoms with Gasteiger partial charge in [0.05, 0.1) is 27.0 Å². The maximum atomic E-state index is 12.7. The van der Waals surface area contributed by atoms with Crippen LogP contribution in [0.1, 0.15) is 5.01 Å². The average molecular weight is 403 g/mol. The lowest BCUT2D eigenvalue weighted by Crippen LogP contribution is -2.11. The summed E-state index contributed by atoms with van der Waals surface area (Å²) in [4.78, 5) is 5.24. The molecular formula is C17H14N4O2S3. The van der Waals surface area contributed by atoms with Gasteiger partial charge in [0.15, 0.2) is 0 Å². The third-order valence-electron chi connectivity index (χ3n) is 3.58. The molecule has 132 valence electrons. The molecule has 0 fully saturated rings. The Morgan fingerprint density at radius 3 is 2.77 bits per heavy atom. The largest absolute Gasteiger partial charge is 0.279 e. The predicted octanol–water partition coefficient (Wildman–Crippen LogP) is 4.17. The normalized spacial score (nSPS) is 11.6. The van der Waals surface area contributed by atoms with Gasteiger partial charge in [-0.25, -0.2) is 18.1 Å². The third kappa shape index (κ3) is 3.41. The minimum atomic E-state index is -3.66. The number of sulfonamides is 1. The van der Waals surface area contributed by atoms with Crippen molar-refractivity contribution in [1.29, 1.82) is 0 Å². The van der Waals surface area contributed by atoms with E-state index in [4.69, 9.17) is 0 Å². The van der Waals surface area contributed by atoms with E-state index in [1.165, 1.54) is 11.3 Å². The fourth-order valence-corrected chi connectivity index (χ4v) is 5.42. The minimum absolute atomic E-state index is 0.252. The van der Waals surface area contributed by atoms with Gasteiger partial charge in [-0.1, -0.05) is 6.07 Å². The Hall–Kier alpha value is -2.49. The maximum absolute atomic E-state index is 12.7. The second kappa shape index (κ2) is 6.67. The fraction of sp³-hybridized carbons (Fsp3) is 0.0588. The van der Waals surface area contributed by atoms with Gasteiger partial charge < -0.3 is 0 Å². The number of hydrogen-bond donors (Lipinski definition) is 1. The van der Waals surface area contributed by atoms with Crippen LogP contribution in [0.4, 0.5) is 5.69 Å². The summed E-state index contributed by atoms with van der Waals surface area (Å²) in [6.45, 7) is 1.92. The van der Waals surface area contributed by atoms with E-state index in [1.54, 1.807) is 58.7 Å². The zero-order valence-electron chi connectivity index (χ0n) is 13.7. The SMILES string of the molecule is Cc1nc(-c2ccc(S(=O)(=O)Nc3cccc(-n4cccn4)c3)s2)cs1. The highest BCUT2D eigenvalue weighted by atomic mass is 32.2. The molecule has 0 atom stereocenters. The summed E-state index contributed by atoms with van der Waals surface area (Å²) >= 11 is 2.74. The molecule has 9 heteroatoms. The number of nitrogens with zero attached hydrogens (tertiary/aromatic N) is 3. The number of aryl methyl sites for hydroxylation is 1. The van der Waals surface area contributed by atoms with Crippen LogP contribution in [0, 0.1) is 6.92 Å². The van der Waals surface area contributed by atoms with E-state index in [9.17, 15) is 8.42 Å². The Morgan fingerprint density at radius 1 is 1.15 bits per heavy atom. The summed E-state index contributed by atoms with van der Waals surface area (Å²) in [5.74, 6) is 0. The quantitative estimate of drug-likeness (QED) is 0.544. The van der Waals surface area contributed by atoms with Crippen LogP contribution >= 0.6 is 22.7 Å². The molecular weight excluding hydrogens is 388 g/mol. The molecule has 0 aliphatic carbocycles. The summed E-state index contributed by atoms with van der Waals surface area (Å²) in [7, 11) is -3.66. The molecule has 6 nitrogen and oxygen atoms in total. The summed E-state index contributed by atoms with van der Waals surface area (Å²) in [5.41, 5.74) is 2.07. The number of anilines is 1. The van der Waals surface area contributed by atoms with E-state index < -0.39 is 10.0 Å². The molecule has 0 radical (unpaired) electrons. The van der Waals surface area contributed by atoms with Crippen molar-refractivity contribution in [3.8, 4) is 16.3 Å². The summed E-state index contributed by atoms with van der Waals surface area (Å²) in [5, 5.41) is 7.04. The highest BCUT2D eigenvalue weighted by molar-refractivity contribution is 7.94. The number of rotatable bonds is 5. The molecule has 0 amide bonds. The zero-order valence-corrected chi connectivity index (χ0v) is 16.1. The molecule has 1 aromatic carbocycles. The van der Waals surface area contributed by atoms with Gasteiger partial charge >= 0.3 is 0 Å². The van der Waals surface area contributed by atoms with Gasteiger partial charge in [-0.2, -0.15) is 5.10 Å². The van der Waals surface area contributed by atoms with Gasteiger partial charge in [-0.05, 0) is 43.3 Å². The standard InChI is InChI=1S/C17H14N4O2S3/c1-12-19-15(11-24-12)16-6-7-17(25-16)26(22,23)20-13-4-2-5-14(10-13)21-9-3-8-18-21/h2-11,20H,1H3. The van der Waals surface area contributed by atoms with Crippen LogP contribution in [0.15, 0.2) is 64.4 Å². The molecule has 3 heterocycles. The first-order valence-electron chi connectivity index (χ1n) is 7.66. The van der Waals surface area contributed by atoms with Crippen molar-refractivity contribution in [1.82, 2.24) is 14.8 Å². The van der Waals surface area contributed by atoms with E-state index in [2.05, 4.69) is 14.8 Å². The van der Waals surface area contributed by atoms with Crippen LogP contribution < -0.4 is 4.72 Å². The number of thiophene rings is 1. The molecule has 0 saturated heterocycles. The van der Waals surface area contributed by atoms with Crippen molar-refractivity contribution in [3.63, 3.8) is 0 Å². The zero-order chi connectivity index (χ0) is 18.1. The fourth-order valence-electron chi connectivity index (χ4n) is 2.42. The Morgan fingerprint density at radius 2 is 2.04 bits per heavy atom. The van der Waals surface area contributed by atoms with Crippen molar-refractivity contribution in [2.24, 2.45) is 0 Å². The molecule has 0 unspecified atom stereocenters. The van der Waals surface area contributed by atoms with Gasteiger partial charge in [-0.15, -0.1) is 22.7 Å². The van der Waals surface area contributed by atoms with Gasteiger partial charge in [0.1, 0.15) is 4.21 Å². The van der Waals surface area contributed by atoms with Crippen LogP contribution in [0.25, 0.3) is 16.3 Å². The number of hydrogen-bond acceptors (Lipinski definition) is 6. The maximum Gasteiger partial charge on any atom is 0.271 e. The molecule has 0 saturated carbocycles. The lowest BCUT2D eigenvalue weighted by Gasteiger charge is -2.08. The first-order valence-corrected chi connectivity index (χ1v) is 10.8. The van der Waals surface area contributed by atoms with Crippen molar-refractivity contribution in [2.45, 2.75) is 11.1 Å². The molecule has 0 bridgehead atoms. The Balaban J connectivity index is 1.60. The van der Waals surface area contributed by atoms with Crippen molar-refractivity contribution in [2.75, 3.05) is 4.72 Å². The number of thiazole rings is 1. The highest BCUT2D eigenvalue weighted by Crippen LogP contribution is 2.32. The van der Waals surface area contributed by atoms with Gasteiger partial charge in [0.2, 0.25) is 0 Å². The highest BCUT2D eigenvalue weighted by Gasteiger charge is 2.18. The third-order valence-corrected chi connectivity index (χ3v) is 7.34. The van der Waals surface area contributed by atoms with E-state index >= 15 is 0 Å². The monoisotopic (exact) mass is 402 g/mol. The first kappa shape index (κ1) is 17.0. The predicted molar refractivity (Wildman–Crippen MR) is 105 cm³/mol.